The van der Waals surface area contributed by atoms with Crippen molar-refractivity contribution in [3.8, 4) is 6.07 Å². The number of hydrogen-bond donors (Lipinski definition) is 0. The SMILES string of the molecule is CCn1c(S[C@@H](C)C#N)nc2sc3c(c2c1=O)CC[C@@H](C)C3. The first-order valence-corrected chi connectivity index (χ1v) is 9.36. The Morgan fingerprint density at radius 3 is 3.05 bits per heavy atom. The van der Waals surface area contributed by atoms with Crippen molar-refractivity contribution < 1.29 is 0 Å². The Balaban J connectivity index is 2.20. The third-order valence-corrected chi connectivity index (χ3v) is 6.29. The van der Waals surface area contributed by atoms with E-state index >= 15 is 0 Å². The quantitative estimate of drug-likeness (QED) is 0.636. The highest BCUT2D eigenvalue weighted by molar-refractivity contribution is 8.00. The van der Waals surface area contributed by atoms with E-state index in [9.17, 15) is 4.79 Å². The summed E-state index contributed by atoms with van der Waals surface area (Å²) >= 11 is 3.03. The third-order valence-electron chi connectivity index (χ3n) is 4.16. The molecule has 1 aliphatic carbocycles. The highest BCUT2D eigenvalue weighted by Gasteiger charge is 2.24. The van der Waals surface area contributed by atoms with E-state index in [2.05, 4.69) is 13.0 Å². The maximum Gasteiger partial charge on any atom is 0.263 e. The molecule has 1 aliphatic rings. The van der Waals surface area contributed by atoms with Gasteiger partial charge in [0.2, 0.25) is 0 Å². The van der Waals surface area contributed by atoms with E-state index in [1.165, 1.54) is 22.2 Å². The Morgan fingerprint density at radius 2 is 2.36 bits per heavy atom. The Morgan fingerprint density at radius 1 is 1.59 bits per heavy atom. The van der Waals surface area contributed by atoms with Gasteiger partial charge < -0.3 is 0 Å². The Hall–Kier alpha value is -1.32. The summed E-state index contributed by atoms with van der Waals surface area (Å²) in [5.74, 6) is 0.682. The average molecular weight is 333 g/mol. The minimum Gasteiger partial charge on any atom is -0.287 e. The summed E-state index contributed by atoms with van der Waals surface area (Å²) in [6, 6.07) is 2.20. The second kappa shape index (κ2) is 6.05. The van der Waals surface area contributed by atoms with E-state index in [1.54, 1.807) is 15.9 Å². The van der Waals surface area contributed by atoms with E-state index in [4.69, 9.17) is 10.2 Å². The fourth-order valence-electron chi connectivity index (χ4n) is 2.96. The lowest BCUT2D eigenvalue weighted by atomic mass is 9.89. The lowest BCUT2D eigenvalue weighted by molar-refractivity contribution is 0.509. The number of rotatable bonds is 3. The molecule has 22 heavy (non-hydrogen) atoms. The summed E-state index contributed by atoms with van der Waals surface area (Å²) in [5.41, 5.74) is 1.29. The zero-order valence-corrected chi connectivity index (χ0v) is 14.7. The van der Waals surface area contributed by atoms with Crippen LogP contribution >= 0.6 is 23.1 Å². The van der Waals surface area contributed by atoms with Gasteiger partial charge in [-0.15, -0.1) is 11.3 Å². The summed E-state index contributed by atoms with van der Waals surface area (Å²) < 4.78 is 1.71. The molecule has 0 fully saturated rings. The van der Waals surface area contributed by atoms with Gasteiger partial charge in [-0.1, -0.05) is 18.7 Å². The molecule has 2 aromatic rings. The fraction of sp³-hybridized carbons (Fsp3) is 0.562. The van der Waals surface area contributed by atoms with Crippen LogP contribution in [0.3, 0.4) is 0 Å². The predicted octanol–water partition coefficient (Wildman–Crippen LogP) is 3.61. The Labute approximate surface area is 138 Å². The molecule has 0 N–H and O–H groups in total. The molecule has 0 saturated heterocycles. The highest BCUT2D eigenvalue weighted by atomic mass is 32.2. The van der Waals surface area contributed by atoms with Crippen molar-refractivity contribution in [3.63, 3.8) is 0 Å². The maximum absolute atomic E-state index is 12.9. The zero-order valence-electron chi connectivity index (χ0n) is 13.0. The van der Waals surface area contributed by atoms with Crippen LogP contribution in [0.4, 0.5) is 0 Å². The van der Waals surface area contributed by atoms with Gasteiger partial charge in [-0.3, -0.25) is 9.36 Å². The van der Waals surface area contributed by atoms with Crippen molar-refractivity contribution in [2.24, 2.45) is 5.92 Å². The minimum absolute atomic E-state index is 0.0622. The number of fused-ring (bicyclic) bond motifs is 3. The third kappa shape index (κ3) is 2.57. The normalized spacial score (nSPS) is 18.9. The number of thioether (sulfide) groups is 1. The zero-order chi connectivity index (χ0) is 15.9. The van der Waals surface area contributed by atoms with Gasteiger partial charge >= 0.3 is 0 Å². The van der Waals surface area contributed by atoms with Gasteiger partial charge in [-0.25, -0.2) is 4.98 Å². The van der Waals surface area contributed by atoms with Gasteiger partial charge in [0, 0.05) is 11.4 Å². The van der Waals surface area contributed by atoms with Crippen LogP contribution in [-0.4, -0.2) is 14.8 Å². The number of hydrogen-bond acceptors (Lipinski definition) is 5. The van der Waals surface area contributed by atoms with Crippen molar-refractivity contribution in [3.05, 3.63) is 20.8 Å². The smallest absolute Gasteiger partial charge is 0.263 e. The molecule has 0 radical (unpaired) electrons. The van der Waals surface area contributed by atoms with Gasteiger partial charge in [0.05, 0.1) is 16.7 Å². The van der Waals surface area contributed by atoms with Crippen LogP contribution in [0.25, 0.3) is 10.2 Å². The molecule has 2 heterocycles. The largest absolute Gasteiger partial charge is 0.287 e. The molecule has 4 nitrogen and oxygen atoms in total. The number of aromatic nitrogens is 2. The van der Waals surface area contributed by atoms with Crippen LogP contribution in [0.1, 0.15) is 37.6 Å². The molecule has 0 unspecified atom stereocenters. The van der Waals surface area contributed by atoms with E-state index in [-0.39, 0.29) is 10.8 Å². The van der Waals surface area contributed by atoms with Gasteiger partial charge in [0.15, 0.2) is 5.16 Å². The average Bonchev–Trinajstić information content (AvgIpc) is 2.84. The Bertz CT molecular complexity index is 815. The number of thiophene rings is 1. The molecular formula is C16H19N3OS2. The first-order valence-electron chi connectivity index (χ1n) is 7.66. The van der Waals surface area contributed by atoms with E-state index in [0.29, 0.717) is 17.6 Å². The van der Waals surface area contributed by atoms with Gasteiger partial charge in [-0.05, 0) is 44.6 Å². The highest BCUT2D eigenvalue weighted by Crippen LogP contribution is 2.36. The van der Waals surface area contributed by atoms with Crippen LogP contribution in [0.5, 0.6) is 0 Å². The molecular weight excluding hydrogens is 314 g/mol. The number of nitrogens with zero attached hydrogens (tertiary/aromatic N) is 3. The van der Waals surface area contributed by atoms with Crippen LogP contribution in [0.2, 0.25) is 0 Å². The molecule has 2 aromatic heterocycles. The lowest BCUT2D eigenvalue weighted by Gasteiger charge is -2.17. The van der Waals surface area contributed by atoms with Crippen molar-refractivity contribution in [1.82, 2.24) is 9.55 Å². The number of nitriles is 1. The summed E-state index contributed by atoms with van der Waals surface area (Å²) in [6.07, 6.45) is 3.18. The molecule has 0 amide bonds. The standard InChI is InChI=1S/C16H19N3OS2/c1-4-19-15(20)13-11-6-5-9(2)7-12(11)22-14(13)18-16(19)21-10(3)8-17/h9-10H,4-7H2,1-3H3/t9-,10+/m1/s1. The Kier molecular flexibility index (Phi) is 4.28. The molecule has 0 aromatic carbocycles. The van der Waals surface area contributed by atoms with Crippen LogP contribution in [-0.2, 0) is 19.4 Å². The van der Waals surface area contributed by atoms with Gasteiger partial charge in [0.1, 0.15) is 4.83 Å². The molecule has 3 rings (SSSR count). The van der Waals surface area contributed by atoms with Crippen molar-refractivity contribution in [2.75, 3.05) is 0 Å². The molecule has 0 bridgehead atoms. The van der Waals surface area contributed by atoms with Crippen LogP contribution in [0, 0.1) is 17.2 Å². The first kappa shape index (κ1) is 15.6. The topological polar surface area (TPSA) is 58.7 Å². The van der Waals surface area contributed by atoms with Crippen molar-refractivity contribution >= 4 is 33.3 Å². The van der Waals surface area contributed by atoms with Crippen molar-refractivity contribution in [2.45, 2.75) is 57.0 Å². The van der Waals surface area contributed by atoms with Gasteiger partial charge in [0.25, 0.3) is 5.56 Å². The predicted molar refractivity (Wildman–Crippen MR) is 91.7 cm³/mol. The lowest BCUT2D eigenvalue weighted by Crippen LogP contribution is -2.23. The minimum atomic E-state index is -0.211. The summed E-state index contributed by atoms with van der Waals surface area (Å²) in [7, 11) is 0. The number of aryl methyl sites for hydroxylation is 1. The fourth-order valence-corrected chi connectivity index (χ4v) is 5.24. The van der Waals surface area contributed by atoms with Gasteiger partial charge in [-0.2, -0.15) is 5.26 Å². The van der Waals surface area contributed by atoms with E-state index in [1.807, 2.05) is 13.8 Å². The van der Waals surface area contributed by atoms with Crippen molar-refractivity contribution in [1.29, 1.82) is 5.26 Å². The monoisotopic (exact) mass is 333 g/mol. The van der Waals surface area contributed by atoms with Crippen LogP contribution < -0.4 is 5.56 Å². The van der Waals surface area contributed by atoms with Crippen LogP contribution in [0.15, 0.2) is 9.95 Å². The molecule has 0 spiro atoms. The molecule has 0 aliphatic heterocycles. The second-order valence-electron chi connectivity index (χ2n) is 5.86. The summed E-state index contributed by atoms with van der Waals surface area (Å²) in [4.78, 5) is 19.8. The molecule has 6 heteroatoms. The summed E-state index contributed by atoms with van der Waals surface area (Å²) in [5, 5.41) is 10.3. The van der Waals surface area contributed by atoms with E-state index < -0.39 is 0 Å². The first-order chi connectivity index (χ1) is 10.5. The second-order valence-corrected chi connectivity index (χ2v) is 8.26. The molecule has 0 saturated carbocycles. The van der Waals surface area contributed by atoms with E-state index in [0.717, 1.165) is 29.5 Å². The summed E-state index contributed by atoms with van der Waals surface area (Å²) in [6.45, 7) is 6.64. The maximum atomic E-state index is 12.9. The molecule has 116 valence electrons. The molecule has 2 atom stereocenters.